The van der Waals surface area contributed by atoms with Crippen molar-refractivity contribution in [1.29, 1.82) is 0 Å². The fraction of sp³-hybridized carbons (Fsp3) is 0.269. The molecule has 0 saturated carbocycles. The average molecular weight is 491 g/mol. The minimum absolute atomic E-state index is 0.0981. The zero-order valence-electron chi connectivity index (χ0n) is 18.4. The number of fused-ring (bicyclic) bond motifs is 1. The van der Waals surface area contributed by atoms with Gasteiger partial charge in [-0.05, 0) is 59.4 Å². The van der Waals surface area contributed by atoms with Crippen LogP contribution in [0.25, 0.3) is 11.1 Å². The average Bonchev–Trinajstić information content (AvgIpc) is 2.83. The van der Waals surface area contributed by atoms with E-state index in [0.29, 0.717) is 29.7 Å². The number of anilines is 1. The molecule has 35 heavy (non-hydrogen) atoms. The zero-order valence-corrected chi connectivity index (χ0v) is 18.4. The van der Waals surface area contributed by atoms with E-state index < -0.39 is 31.5 Å². The summed E-state index contributed by atoms with van der Waals surface area (Å²) < 4.78 is 69.9. The number of rotatable bonds is 7. The van der Waals surface area contributed by atoms with E-state index in [9.17, 15) is 31.9 Å². The van der Waals surface area contributed by atoms with Gasteiger partial charge in [0.15, 0.2) is 6.10 Å². The van der Waals surface area contributed by atoms with Crippen LogP contribution in [0.4, 0.5) is 27.6 Å². The summed E-state index contributed by atoms with van der Waals surface area (Å²) in [5, 5.41) is 9.93. The van der Waals surface area contributed by atoms with E-state index in [0.717, 1.165) is 23.0 Å². The molecule has 1 aliphatic rings. The second-order valence-corrected chi connectivity index (χ2v) is 8.26. The molecule has 0 aromatic heterocycles. The molecule has 4 nitrogen and oxygen atoms in total. The number of aldehydes is 1. The summed E-state index contributed by atoms with van der Waals surface area (Å²) >= 11 is 0. The van der Waals surface area contributed by atoms with Crippen LogP contribution < -0.4 is 9.64 Å². The van der Waals surface area contributed by atoms with Crippen molar-refractivity contribution < 1.29 is 36.6 Å². The quantitative estimate of drug-likeness (QED) is 0.317. The van der Waals surface area contributed by atoms with Gasteiger partial charge in [-0.25, -0.2) is 0 Å². The van der Waals surface area contributed by atoms with E-state index in [2.05, 4.69) is 4.74 Å². The van der Waals surface area contributed by atoms with E-state index in [-0.39, 0.29) is 5.75 Å². The Balaban J connectivity index is 1.79. The number of aliphatic hydroxyl groups excluding tert-OH is 1. The molecule has 1 N–H and O–H groups in total. The molecule has 0 fully saturated rings. The first-order valence-electron chi connectivity index (χ1n) is 10.9. The number of hydrogen-bond donors (Lipinski definition) is 1. The number of nitrogens with zero attached hydrogens (tertiary/aromatic N) is 1. The molecule has 3 aromatic carbocycles. The van der Waals surface area contributed by atoms with Crippen molar-refractivity contribution >= 4 is 12.0 Å². The van der Waals surface area contributed by atoms with Crippen molar-refractivity contribution in [2.24, 2.45) is 0 Å². The van der Waals surface area contributed by atoms with Gasteiger partial charge >= 0.3 is 12.8 Å². The maximum absolute atomic E-state index is 13.3. The van der Waals surface area contributed by atoms with Gasteiger partial charge in [0.25, 0.3) is 0 Å². The van der Waals surface area contributed by atoms with Crippen molar-refractivity contribution in [3.05, 3.63) is 83.4 Å². The predicted octanol–water partition coefficient (Wildman–Crippen LogP) is 6.18. The molecule has 0 radical (unpaired) electrons. The Morgan fingerprint density at radius 3 is 2.51 bits per heavy atom. The Labute approximate surface area is 198 Å². The molecular formula is C26H22F5NO3. The first kappa shape index (κ1) is 24.7. The van der Waals surface area contributed by atoms with Gasteiger partial charge in [0, 0.05) is 11.3 Å². The highest BCUT2D eigenvalue weighted by atomic mass is 19.4. The molecule has 0 saturated heterocycles. The summed E-state index contributed by atoms with van der Waals surface area (Å²) in [5.74, 6) is -0.0981. The minimum atomic E-state index is -4.83. The Morgan fingerprint density at radius 1 is 1.06 bits per heavy atom. The van der Waals surface area contributed by atoms with E-state index in [1.54, 1.807) is 36.4 Å². The summed E-state index contributed by atoms with van der Waals surface area (Å²) in [6, 6.07) is 17.4. The fourth-order valence-electron chi connectivity index (χ4n) is 4.52. The van der Waals surface area contributed by atoms with Crippen LogP contribution in [0.3, 0.4) is 0 Å². The molecule has 1 aliphatic heterocycles. The second-order valence-electron chi connectivity index (χ2n) is 8.26. The molecule has 0 aliphatic carbocycles. The Morgan fingerprint density at radius 2 is 1.80 bits per heavy atom. The van der Waals surface area contributed by atoms with Crippen LogP contribution in [0.5, 0.6) is 5.75 Å². The molecule has 1 heterocycles. The van der Waals surface area contributed by atoms with Crippen LogP contribution >= 0.6 is 0 Å². The van der Waals surface area contributed by atoms with Gasteiger partial charge < -0.3 is 14.7 Å². The first-order valence-corrected chi connectivity index (χ1v) is 10.9. The fourth-order valence-corrected chi connectivity index (χ4v) is 4.52. The highest BCUT2D eigenvalue weighted by Crippen LogP contribution is 2.44. The first-order chi connectivity index (χ1) is 16.7. The molecule has 4 rings (SSSR count). The third-order valence-electron chi connectivity index (χ3n) is 6.05. The number of alkyl halides is 5. The highest BCUT2D eigenvalue weighted by Gasteiger charge is 2.41. The van der Waals surface area contributed by atoms with E-state index in [1.165, 1.54) is 23.1 Å². The van der Waals surface area contributed by atoms with Gasteiger partial charge in [-0.1, -0.05) is 42.5 Å². The standard InChI is InChI=1S/C26H22F5NO3/c27-25(28)35-19-7-2-6-18(13-19)22-11-10-21-20(17-5-1-4-16(12-17)15-33)8-3-9-23(21)32(22)14-24(34)26(29,30)31/h1-9,12-13,15,22,24-25,34H,10-11,14H2. The van der Waals surface area contributed by atoms with Crippen LogP contribution in [0.1, 0.15) is 33.9 Å². The van der Waals surface area contributed by atoms with Crippen molar-refractivity contribution in [1.82, 2.24) is 0 Å². The lowest BCUT2D eigenvalue weighted by Crippen LogP contribution is -2.44. The van der Waals surface area contributed by atoms with E-state index >= 15 is 0 Å². The third kappa shape index (κ3) is 5.45. The Kier molecular flexibility index (Phi) is 7.07. The number of benzene rings is 3. The number of carbonyl (C=O) groups is 1. The van der Waals surface area contributed by atoms with Crippen molar-refractivity contribution in [2.45, 2.75) is 37.8 Å². The van der Waals surface area contributed by atoms with Crippen LogP contribution in [0, 0.1) is 0 Å². The number of hydrogen-bond acceptors (Lipinski definition) is 4. The van der Waals surface area contributed by atoms with E-state index in [1.807, 2.05) is 12.1 Å². The molecule has 2 atom stereocenters. The van der Waals surface area contributed by atoms with Gasteiger partial charge in [0.1, 0.15) is 12.0 Å². The maximum atomic E-state index is 13.3. The summed E-state index contributed by atoms with van der Waals surface area (Å²) in [5.41, 5.74) is 3.75. The van der Waals surface area contributed by atoms with Gasteiger partial charge in [0.05, 0.1) is 12.6 Å². The summed E-state index contributed by atoms with van der Waals surface area (Å²) in [4.78, 5) is 12.7. The maximum Gasteiger partial charge on any atom is 0.416 e. The van der Waals surface area contributed by atoms with Gasteiger partial charge in [-0.3, -0.25) is 4.79 Å². The molecular weight excluding hydrogens is 469 g/mol. The topological polar surface area (TPSA) is 49.8 Å². The number of β-amino-alcohol motifs (C(OH)–C–C–N with tert-alkyl or cyclic N) is 1. The SMILES string of the molecule is O=Cc1cccc(-c2cccc3c2CCC(c2cccc(OC(F)F)c2)N3CC(O)C(F)(F)F)c1. The number of aliphatic hydroxyl groups is 1. The largest absolute Gasteiger partial charge is 0.435 e. The normalized spacial score (nSPS) is 16.7. The smallest absolute Gasteiger partial charge is 0.416 e. The Hall–Kier alpha value is -3.46. The minimum Gasteiger partial charge on any atom is -0.435 e. The summed E-state index contributed by atoms with van der Waals surface area (Å²) in [7, 11) is 0. The zero-order chi connectivity index (χ0) is 25.2. The molecule has 0 amide bonds. The van der Waals surface area contributed by atoms with Gasteiger partial charge in [-0.15, -0.1) is 0 Å². The molecule has 184 valence electrons. The van der Waals surface area contributed by atoms with E-state index in [4.69, 9.17) is 0 Å². The summed E-state index contributed by atoms with van der Waals surface area (Å²) in [6.07, 6.45) is -5.87. The second kappa shape index (κ2) is 10.0. The van der Waals surface area contributed by atoms with Crippen molar-refractivity contribution in [3.63, 3.8) is 0 Å². The molecule has 9 heteroatoms. The van der Waals surface area contributed by atoms with Crippen LogP contribution in [-0.2, 0) is 6.42 Å². The van der Waals surface area contributed by atoms with Crippen LogP contribution in [0.15, 0.2) is 66.7 Å². The van der Waals surface area contributed by atoms with Crippen molar-refractivity contribution in [2.75, 3.05) is 11.4 Å². The number of ether oxygens (including phenoxy) is 1. The van der Waals surface area contributed by atoms with Crippen molar-refractivity contribution in [3.8, 4) is 16.9 Å². The van der Waals surface area contributed by atoms with Crippen LogP contribution in [0.2, 0.25) is 0 Å². The molecule has 3 aromatic rings. The van der Waals surface area contributed by atoms with Gasteiger partial charge in [-0.2, -0.15) is 22.0 Å². The summed E-state index contributed by atoms with van der Waals surface area (Å²) in [6.45, 7) is -3.77. The number of carbonyl (C=O) groups excluding carboxylic acids is 1. The number of halogens is 5. The predicted molar refractivity (Wildman–Crippen MR) is 121 cm³/mol. The third-order valence-corrected chi connectivity index (χ3v) is 6.05. The molecule has 2 unspecified atom stereocenters. The lowest BCUT2D eigenvalue weighted by atomic mass is 9.86. The molecule has 0 bridgehead atoms. The molecule has 0 spiro atoms. The highest BCUT2D eigenvalue weighted by molar-refractivity contribution is 5.82. The lowest BCUT2D eigenvalue weighted by molar-refractivity contribution is -0.200. The van der Waals surface area contributed by atoms with Crippen LogP contribution in [-0.4, -0.2) is 36.8 Å². The van der Waals surface area contributed by atoms with Gasteiger partial charge in [0.2, 0.25) is 0 Å². The Bertz CT molecular complexity index is 1200. The monoisotopic (exact) mass is 491 g/mol. The lowest BCUT2D eigenvalue weighted by Gasteiger charge is -2.41.